The molecule has 2 aromatic rings. The third-order valence-electron chi connectivity index (χ3n) is 3.07. The molecule has 2 aromatic carbocycles. The Morgan fingerprint density at radius 1 is 0.952 bits per heavy atom. The topological polar surface area (TPSA) is 21.3 Å². The Kier molecular flexibility index (Phi) is 4.73. The quantitative estimate of drug-likeness (QED) is 0.858. The van der Waals surface area contributed by atoms with Crippen LogP contribution in [0.25, 0.3) is 0 Å². The maximum Gasteiger partial charge on any atom is 0.573 e. The molecule has 0 bridgehead atoms. The maximum atomic E-state index is 12.1. The predicted octanol–water partition coefficient (Wildman–Crippen LogP) is 4.76. The van der Waals surface area contributed by atoms with Gasteiger partial charge >= 0.3 is 6.36 Å². The molecule has 0 spiro atoms. The zero-order chi connectivity index (χ0) is 15.3. The van der Waals surface area contributed by atoms with Crippen molar-refractivity contribution in [3.05, 3.63) is 59.7 Å². The van der Waals surface area contributed by atoms with Gasteiger partial charge in [-0.05, 0) is 41.8 Å². The zero-order valence-corrected chi connectivity index (χ0v) is 11.6. The molecular formula is C16H16F3NO. The van der Waals surface area contributed by atoms with Gasteiger partial charge in [0, 0.05) is 12.2 Å². The fraction of sp³-hybridized carbons (Fsp3) is 0.250. The van der Waals surface area contributed by atoms with Crippen LogP contribution in [-0.4, -0.2) is 6.36 Å². The summed E-state index contributed by atoms with van der Waals surface area (Å²) in [6, 6.07) is 13.8. The smallest absolute Gasteiger partial charge is 0.406 e. The van der Waals surface area contributed by atoms with E-state index >= 15 is 0 Å². The number of anilines is 1. The fourth-order valence-electron chi connectivity index (χ4n) is 2.05. The third-order valence-corrected chi connectivity index (χ3v) is 3.07. The molecule has 2 nitrogen and oxygen atoms in total. The Bertz CT molecular complexity index is 579. The summed E-state index contributed by atoms with van der Waals surface area (Å²) < 4.78 is 40.0. The minimum atomic E-state index is -4.66. The SMILES string of the molecule is CCc1ccccc1CNc1ccc(OC(F)(F)F)cc1. The highest BCUT2D eigenvalue weighted by molar-refractivity contribution is 5.47. The molecule has 0 aromatic heterocycles. The number of alkyl halides is 3. The van der Waals surface area contributed by atoms with Gasteiger partial charge in [-0.25, -0.2) is 0 Å². The van der Waals surface area contributed by atoms with Crippen molar-refractivity contribution >= 4 is 5.69 Å². The van der Waals surface area contributed by atoms with E-state index in [2.05, 4.69) is 23.0 Å². The molecule has 0 aliphatic carbocycles. The van der Waals surface area contributed by atoms with Crippen LogP contribution in [0, 0.1) is 0 Å². The van der Waals surface area contributed by atoms with E-state index in [1.54, 1.807) is 12.1 Å². The molecule has 0 aliphatic rings. The van der Waals surface area contributed by atoms with Crippen LogP contribution in [0.1, 0.15) is 18.1 Å². The van der Waals surface area contributed by atoms with Crippen molar-refractivity contribution in [1.29, 1.82) is 0 Å². The lowest BCUT2D eigenvalue weighted by Crippen LogP contribution is -2.17. The average molecular weight is 295 g/mol. The van der Waals surface area contributed by atoms with Gasteiger partial charge in [-0.15, -0.1) is 13.2 Å². The standard InChI is InChI=1S/C16H16F3NO/c1-2-12-5-3-4-6-13(12)11-20-14-7-9-15(10-8-14)21-16(17,18)19/h3-10,20H,2,11H2,1H3. The number of halogens is 3. The lowest BCUT2D eigenvalue weighted by atomic mass is 10.1. The van der Waals surface area contributed by atoms with Gasteiger partial charge in [0.25, 0.3) is 0 Å². The highest BCUT2D eigenvalue weighted by Crippen LogP contribution is 2.24. The fourth-order valence-corrected chi connectivity index (χ4v) is 2.05. The first-order valence-corrected chi connectivity index (χ1v) is 6.64. The second-order valence-corrected chi connectivity index (χ2v) is 4.55. The molecule has 0 aliphatic heterocycles. The minimum absolute atomic E-state index is 0.220. The minimum Gasteiger partial charge on any atom is -0.406 e. The summed E-state index contributed by atoms with van der Waals surface area (Å²) in [5.74, 6) is -0.220. The maximum absolute atomic E-state index is 12.1. The molecule has 0 atom stereocenters. The van der Waals surface area contributed by atoms with E-state index in [0.29, 0.717) is 6.54 Å². The summed E-state index contributed by atoms with van der Waals surface area (Å²) in [7, 11) is 0. The van der Waals surface area contributed by atoms with Gasteiger partial charge in [0.1, 0.15) is 5.75 Å². The Morgan fingerprint density at radius 2 is 1.57 bits per heavy atom. The van der Waals surface area contributed by atoms with Crippen molar-refractivity contribution in [3.63, 3.8) is 0 Å². The van der Waals surface area contributed by atoms with Gasteiger partial charge in [0.05, 0.1) is 0 Å². The molecular weight excluding hydrogens is 279 g/mol. The van der Waals surface area contributed by atoms with Crippen LogP contribution in [0.4, 0.5) is 18.9 Å². The van der Waals surface area contributed by atoms with Crippen molar-refractivity contribution in [2.75, 3.05) is 5.32 Å². The van der Waals surface area contributed by atoms with E-state index in [4.69, 9.17) is 0 Å². The first-order valence-electron chi connectivity index (χ1n) is 6.64. The van der Waals surface area contributed by atoms with Crippen molar-refractivity contribution in [1.82, 2.24) is 0 Å². The summed E-state index contributed by atoms with van der Waals surface area (Å²) >= 11 is 0. The molecule has 0 fully saturated rings. The number of aryl methyl sites for hydroxylation is 1. The summed E-state index contributed by atoms with van der Waals surface area (Å²) in [5, 5.41) is 3.19. The normalized spacial score (nSPS) is 11.2. The van der Waals surface area contributed by atoms with Crippen molar-refractivity contribution in [3.8, 4) is 5.75 Å². The van der Waals surface area contributed by atoms with Crippen LogP contribution in [0.3, 0.4) is 0 Å². The second kappa shape index (κ2) is 6.52. The first kappa shape index (κ1) is 15.2. The Hall–Kier alpha value is -2.17. The lowest BCUT2D eigenvalue weighted by molar-refractivity contribution is -0.274. The van der Waals surface area contributed by atoms with E-state index in [1.807, 2.05) is 18.2 Å². The van der Waals surface area contributed by atoms with Gasteiger partial charge in [-0.1, -0.05) is 31.2 Å². The summed E-state index contributed by atoms with van der Waals surface area (Å²) in [6.07, 6.45) is -3.72. The highest BCUT2D eigenvalue weighted by Gasteiger charge is 2.30. The molecule has 21 heavy (non-hydrogen) atoms. The summed E-state index contributed by atoms with van der Waals surface area (Å²) in [4.78, 5) is 0. The van der Waals surface area contributed by atoms with Gasteiger partial charge < -0.3 is 10.1 Å². The molecule has 5 heteroatoms. The molecule has 0 amide bonds. The van der Waals surface area contributed by atoms with Crippen LogP contribution in [0.5, 0.6) is 5.75 Å². The van der Waals surface area contributed by atoms with E-state index in [-0.39, 0.29) is 5.75 Å². The monoisotopic (exact) mass is 295 g/mol. The van der Waals surface area contributed by atoms with Crippen molar-refractivity contribution in [2.45, 2.75) is 26.3 Å². The number of ether oxygens (including phenoxy) is 1. The van der Waals surface area contributed by atoms with Crippen molar-refractivity contribution < 1.29 is 17.9 Å². The Labute approximate surface area is 121 Å². The highest BCUT2D eigenvalue weighted by atomic mass is 19.4. The Morgan fingerprint density at radius 3 is 2.14 bits per heavy atom. The zero-order valence-electron chi connectivity index (χ0n) is 11.6. The van der Waals surface area contributed by atoms with Crippen molar-refractivity contribution in [2.24, 2.45) is 0 Å². The average Bonchev–Trinajstić information content (AvgIpc) is 2.45. The van der Waals surface area contributed by atoms with Crippen LogP contribution < -0.4 is 10.1 Å². The van der Waals surface area contributed by atoms with Crippen LogP contribution in [0.15, 0.2) is 48.5 Å². The third kappa shape index (κ3) is 4.70. The summed E-state index contributed by atoms with van der Waals surface area (Å²) in [5.41, 5.74) is 3.17. The molecule has 0 saturated heterocycles. The van der Waals surface area contributed by atoms with Gasteiger partial charge in [0.2, 0.25) is 0 Å². The predicted molar refractivity (Wildman–Crippen MR) is 76.3 cm³/mol. The van der Waals surface area contributed by atoms with Gasteiger partial charge in [-0.2, -0.15) is 0 Å². The molecule has 2 rings (SSSR count). The molecule has 0 radical (unpaired) electrons. The number of rotatable bonds is 5. The second-order valence-electron chi connectivity index (χ2n) is 4.55. The van der Waals surface area contributed by atoms with Crippen LogP contribution in [0.2, 0.25) is 0 Å². The Balaban J connectivity index is 1.98. The van der Waals surface area contributed by atoms with Crippen LogP contribution >= 0.6 is 0 Å². The molecule has 0 unspecified atom stereocenters. The van der Waals surface area contributed by atoms with E-state index in [0.717, 1.165) is 12.1 Å². The number of hydrogen-bond acceptors (Lipinski definition) is 2. The van der Waals surface area contributed by atoms with E-state index in [9.17, 15) is 13.2 Å². The molecule has 0 saturated carbocycles. The van der Waals surface area contributed by atoms with Gasteiger partial charge in [-0.3, -0.25) is 0 Å². The summed E-state index contributed by atoms with van der Waals surface area (Å²) in [6.45, 7) is 2.71. The number of hydrogen-bond donors (Lipinski definition) is 1. The van der Waals surface area contributed by atoms with Gasteiger partial charge in [0.15, 0.2) is 0 Å². The number of nitrogens with one attached hydrogen (secondary N) is 1. The molecule has 112 valence electrons. The van der Waals surface area contributed by atoms with Crippen LogP contribution in [-0.2, 0) is 13.0 Å². The molecule has 1 N–H and O–H groups in total. The first-order chi connectivity index (χ1) is 9.98. The van der Waals surface area contributed by atoms with E-state index in [1.165, 1.54) is 23.3 Å². The number of benzene rings is 2. The lowest BCUT2D eigenvalue weighted by Gasteiger charge is -2.12. The van der Waals surface area contributed by atoms with E-state index < -0.39 is 6.36 Å². The largest absolute Gasteiger partial charge is 0.573 e. The molecule has 0 heterocycles.